The number of ether oxygens (including phenoxy) is 2. The third kappa shape index (κ3) is 2.42. The van der Waals surface area contributed by atoms with Crippen molar-refractivity contribution in [1.82, 2.24) is 0 Å². The molecular formula is C25H18N2O3. The summed E-state index contributed by atoms with van der Waals surface area (Å²) in [7, 11) is 0. The highest BCUT2D eigenvalue weighted by atomic mass is 16.5. The molecule has 2 aromatic carbocycles. The minimum Gasteiger partial charge on any atom is -0.484 e. The van der Waals surface area contributed by atoms with Crippen molar-refractivity contribution >= 4 is 17.9 Å². The van der Waals surface area contributed by atoms with E-state index in [4.69, 9.17) is 9.47 Å². The molecule has 0 aromatic heterocycles. The highest BCUT2D eigenvalue weighted by Crippen LogP contribution is 2.51. The Bertz CT molecular complexity index is 1160. The Labute approximate surface area is 174 Å². The number of nitrogens with zero attached hydrogens (tertiary/aromatic N) is 2. The van der Waals surface area contributed by atoms with E-state index in [1.165, 1.54) is 0 Å². The van der Waals surface area contributed by atoms with Crippen molar-refractivity contribution in [2.75, 3.05) is 0 Å². The molecule has 0 saturated heterocycles. The summed E-state index contributed by atoms with van der Waals surface area (Å²) in [4.78, 5) is 13.5. The maximum absolute atomic E-state index is 13.5. The third-order valence-corrected chi connectivity index (χ3v) is 6.45. The first-order valence-electron chi connectivity index (χ1n) is 9.88. The van der Waals surface area contributed by atoms with Crippen molar-refractivity contribution in [2.45, 2.75) is 32.5 Å². The highest BCUT2D eigenvalue weighted by Gasteiger charge is 2.56. The summed E-state index contributed by atoms with van der Waals surface area (Å²) >= 11 is 0. The van der Waals surface area contributed by atoms with Crippen LogP contribution in [0.1, 0.15) is 42.5 Å². The lowest BCUT2D eigenvalue weighted by molar-refractivity contribution is -0.120. The molecule has 2 heterocycles. The number of rotatable bonds is 1. The van der Waals surface area contributed by atoms with E-state index in [9.17, 15) is 15.3 Å². The lowest BCUT2D eigenvalue weighted by Crippen LogP contribution is -2.57. The Hall–Kier alpha value is -3.83. The number of carbonyl (C=O) groups excluding carboxylic acids is 1. The van der Waals surface area contributed by atoms with Crippen LogP contribution in [0.15, 0.2) is 47.5 Å². The predicted octanol–water partition coefficient (Wildman–Crippen LogP) is 4.42. The minimum absolute atomic E-state index is 0.0825. The van der Waals surface area contributed by atoms with Crippen molar-refractivity contribution in [3.8, 4) is 23.6 Å². The Morgan fingerprint density at radius 2 is 1.37 bits per heavy atom. The Morgan fingerprint density at radius 1 is 0.900 bits per heavy atom. The largest absolute Gasteiger partial charge is 0.484 e. The molecular weight excluding hydrogens is 376 g/mol. The fraction of sp³-hybridized carbons (Fsp3) is 0.240. The topological polar surface area (TPSA) is 83.1 Å². The number of carbonyl (C=O) groups is 1. The highest BCUT2D eigenvalue weighted by molar-refractivity contribution is 6.17. The Morgan fingerprint density at radius 3 is 1.77 bits per heavy atom. The first-order chi connectivity index (χ1) is 14.5. The van der Waals surface area contributed by atoms with Crippen LogP contribution in [0, 0.1) is 28.1 Å². The van der Waals surface area contributed by atoms with Gasteiger partial charge in [-0.3, -0.25) is 4.79 Å². The van der Waals surface area contributed by atoms with Gasteiger partial charge in [-0.15, -0.1) is 0 Å². The molecule has 5 nitrogen and oxygen atoms in total. The SMILES string of the molecule is CCC1(C)[C@@H]2Oc3cc(C#N)ccc3C=C2C(=O)C2=Cc3ccc(C#N)cc3O[C@H]21. The number of Topliss-reactive ketones (excluding diaryl/α,β-unsaturated/α-hetero) is 1. The minimum atomic E-state index is -0.508. The molecule has 1 fully saturated rings. The van der Waals surface area contributed by atoms with Crippen LogP contribution in [0.5, 0.6) is 11.5 Å². The van der Waals surface area contributed by atoms with Crippen molar-refractivity contribution in [3.63, 3.8) is 0 Å². The molecule has 2 aromatic rings. The average molecular weight is 394 g/mol. The number of fused-ring (bicyclic) bond motifs is 4. The van der Waals surface area contributed by atoms with Crippen molar-refractivity contribution in [1.29, 1.82) is 10.5 Å². The summed E-state index contributed by atoms with van der Waals surface area (Å²) in [5.74, 6) is 1.12. The molecule has 0 N–H and O–H groups in total. The van der Waals surface area contributed by atoms with Crippen molar-refractivity contribution in [2.24, 2.45) is 5.41 Å². The Kier molecular flexibility index (Phi) is 3.85. The molecule has 0 amide bonds. The van der Waals surface area contributed by atoms with Gasteiger partial charge in [0.1, 0.15) is 23.7 Å². The van der Waals surface area contributed by atoms with E-state index < -0.39 is 17.6 Å². The van der Waals surface area contributed by atoms with Crippen LogP contribution in [0.4, 0.5) is 0 Å². The maximum Gasteiger partial charge on any atom is 0.192 e. The van der Waals surface area contributed by atoms with Crippen molar-refractivity contribution in [3.05, 3.63) is 69.8 Å². The lowest BCUT2D eigenvalue weighted by Gasteiger charge is -2.49. The summed E-state index contributed by atoms with van der Waals surface area (Å²) in [5, 5.41) is 18.5. The van der Waals surface area contributed by atoms with Gasteiger partial charge < -0.3 is 9.47 Å². The average Bonchev–Trinajstić information content (AvgIpc) is 2.79. The summed E-state index contributed by atoms with van der Waals surface area (Å²) in [6.07, 6.45) is 3.50. The van der Waals surface area contributed by atoms with Crippen LogP contribution >= 0.6 is 0 Å². The molecule has 5 rings (SSSR count). The maximum atomic E-state index is 13.5. The Balaban J connectivity index is 1.68. The van der Waals surface area contributed by atoms with E-state index in [1.807, 2.05) is 24.3 Å². The van der Waals surface area contributed by atoms with Gasteiger partial charge in [0, 0.05) is 27.7 Å². The molecule has 2 aliphatic heterocycles. The van der Waals surface area contributed by atoms with Gasteiger partial charge in [0.25, 0.3) is 0 Å². The van der Waals surface area contributed by atoms with Gasteiger partial charge in [0.05, 0.1) is 23.3 Å². The van der Waals surface area contributed by atoms with Gasteiger partial charge in [-0.1, -0.05) is 13.8 Å². The molecule has 0 bridgehead atoms. The zero-order chi connectivity index (χ0) is 21.0. The molecule has 0 radical (unpaired) electrons. The predicted molar refractivity (Wildman–Crippen MR) is 111 cm³/mol. The van der Waals surface area contributed by atoms with E-state index in [-0.39, 0.29) is 5.78 Å². The number of benzene rings is 2. The quantitative estimate of drug-likeness (QED) is 0.715. The second kappa shape index (κ2) is 6.34. The van der Waals surface area contributed by atoms with Crippen LogP contribution in [0.2, 0.25) is 0 Å². The lowest BCUT2D eigenvalue weighted by atomic mass is 9.63. The molecule has 2 atom stereocenters. The third-order valence-electron chi connectivity index (χ3n) is 6.45. The first kappa shape index (κ1) is 18.2. The molecule has 5 heteroatoms. The van der Waals surface area contributed by atoms with E-state index in [1.54, 1.807) is 24.3 Å². The molecule has 1 saturated carbocycles. The summed E-state index contributed by atoms with van der Waals surface area (Å²) in [5.41, 5.74) is 3.33. The number of hydrogen-bond acceptors (Lipinski definition) is 5. The van der Waals surface area contributed by atoms with Crippen LogP contribution in [-0.2, 0) is 4.79 Å². The van der Waals surface area contributed by atoms with Crippen LogP contribution in [0.25, 0.3) is 12.2 Å². The second-order valence-electron chi connectivity index (χ2n) is 8.11. The van der Waals surface area contributed by atoms with Crippen LogP contribution in [0.3, 0.4) is 0 Å². The van der Waals surface area contributed by atoms with Crippen molar-refractivity contribution < 1.29 is 14.3 Å². The van der Waals surface area contributed by atoms with E-state index >= 15 is 0 Å². The number of hydrogen-bond donors (Lipinski definition) is 0. The normalized spacial score (nSPS) is 22.3. The van der Waals surface area contributed by atoms with Gasteiger partial charge >= 0.3 is 0 Å². The molecule has 146 valence electrons. The van der Waals surface area contributed by atoms with Gasteiger partial charge in [-0.2, -0.15) is 10.5 Å². The summed E-state index contributed by atoms with van der Waals surface area (Å²) < 4.78 is 12.7. The van der Waals surface area contributed by atoms with Gasteiger partial charge in [0.15, 0.2) is 5.78 Å². The fourth-order valence-corrected chi connectivity index (χ4v) is 4.54. The van der Waals surface area contributed by atoms with E-state index in [0.717, 1.165) is 11.1 Å². The monoisotopic (exact) mass is 394 g/mol. The standard InChI is InChI=1S/C25H18N2O3/c1-3-25(2)23-18(10-16-6-4-14(12-26)8-20(16)29-23)22(28)19-11-17-7-5-15(13-27)9-21(17)30-24(19)25/h4-11,23-24H,3H2,1-2H3/t23-,24-/m1/s1. The van der Waals surface area contributed by atoms with Gasteiger partial charge in [-0.05, 0) is 55.0 Å². The van der Waals surface area contributed by atoms with Gasteiger partial charge in [0.2, 0.25) is 0 Å². The fourth-order valence-electron chi connectivity index (χ4n) is 4.54. The van der Waals surface area contributed by atoms with Crippen LogP contribution in [-0.4, -0.2) is 18.0 Å². The zero-order valence-corrected chi connectivity index (χ0v) is 16.6. The number of ketones is 1. The zero-order valence-electron chi connectivity index (χ0n) is 16.6. The van der Waals surface area contributed by atoms with Crippen LogP contribution < -0.4 is 9.47 Å². The summed E-state index contributed by atoms with van der Waals surface area (Å²) in [6.45, 7) is 4.12. The van der Waals surface area contributed by atoms with E-state index in [2.05, 4.69) is 26.0 Å². The number of nitriles is 2. The molecule has 3 aliphatic rings. The van der Waals surface area contributed by atoms with E-state index in [0.29, 0.717) is 40.2 Å². The first-order valence-corrected chi connectivity index (χ1v) is 9.88. The smallest absolute Gasteiger partial charge is 0.192 e. The molecule has 30 heavy (non-hydrogen) atoms. The van der Waals surface area contributed by atoms with Gasteiger partial charge in [-0.25, -0.2) is 0 Å². The second-order valence-corrected chi connectivity index (χ2v) is 8.11. The molecule has 0 unspecified atom stereocenters. The molecule has 1 aliphatic carbocycles. The summed E-state index contributed by atoms with van der Waals surface area (Å²) in [6, 6.07) is 14.8. The molecule has 0 spiro atoms.